The van der Waals surface area contributed by atoms with E-state index in [1.165, 1.54) is 11.3 Å². The van der Waals surface area contributed by atoms with Crippen molar-refractivity contribution in [2.45, 2.75) is 26.5 Å². The molecule has 2 heterocycles. The van der Waals surface area contributed by atoms with Crippen LogP contribution in [0.2, 0.25) is 0 Å². The molecule has 118 valence electrons. The van der Waals surface area contributed by atoms with Crippen molar-refractivity contribution in [1.82, 2.24) is 5.16 Å². The highest BCUT2D eigenvalue weighted by Crippen LogP contribution is 2.21. The number of benzene rings is 1. The number of aliphatic hydroxyl groups is 1. The lowest BCUT2D eigenvalue weighted by Crippen LogP contribution is -2.38. The number of hydrogen-bond donors (Lipinski definition) is 1. The van der Waals surface area contributed by atoms with Gasteiger partial charge in [-0.3, -0.25) is 4.79 Å². The van der Waals surface area contributed by atoms with Gasteiger partial charge in [-0.25, -0.2) is 0 Å². The number of thiazole rings is 1. The Labute approximate surface area is 137 Å². The maximum atomic E-state index is 12.4. The van der Waals surface area contributed by atoms with Crippen molar-refractivity contribution in [3.05, 3.63) is 58.2 Å². The molecule has 0 amide bonds. The molecule has 23 heavy (non-hydrogen) atoms. The van der Waals surface area contributed by atoms with Crippen molar-refractivity contribution in [2.75, 3.05) is 0 Å². The number of rotatable bonds is 5. The van der Waals surface area contributed by atoms with E-state index in [1.54, 1.807) is 13.0 Å². The molecule has 5 nitrogen and oxygen atoms in total. The Kier molecular flexibility index (Phi) is 4.36. The molecular formula is C17H17N2O3S+. The molecule has 0 aliphatic carbocycles. The van der Waals surface area contributed by atoms with E-state index in [-0.39, 0.29) is 18.1 Å². The third kappa shape index (κ3) is 3.23. The molecular weight excluding hydrogens is 312 g/mol. The Morgan fingerprint density at radius 3 is 2.78 bits per heavy atom. The molecule has 0 fully saturated rings. The minimum Gasteiger partial charge on any atom is -0.388 e. The maximum Gasteiger partial charge on any atom is 0.265 e. The quantitative estimate of drug-likeness (QED) is 0.577. The SMILES string of the molecule is Cc1c(C(C)O)sc[n+]1CC(=O)c1cc(-c2ccccc2)no1. The number of carbonyl (C=O) groups is 1. The van der Waals surface area contributed by atoms with Crippen LogP contribution in [-0.2, 0) is 6.54 Å². The largest absolute Gasteiger partial charge is 0.388 e. The van der Waals surface area contributed by atoms with Gasteiger partial charge in [-0.15, -0.1) is 0 Å². The Morgan fingerprint density at radius 1 is 1.39 bits per heavy atom. The molecule has 0 bridgehead atoms. The first kappa shape index (κ1) is 15.6. The van der Waals surface area contributed by atoms with Gasteiger partial charge in [0.15, 0.2) is 5.69 Å². The van der Waals surface area contributed by atoms with Crippen LogP contribution in [0.15, 0.2) is 46.4 Å². The first-order valence-corrected chi connectivity index (χ1v) is 8.15. The van der Waals surface area contributed by atoms with Crippen molar-refractivity contribution in [2.24, 2.45) is 0 Å². The van der Waals surface area contributed by atoms with E-state index >= 15 is 0 Å². The molecule has 1 atom stereocenters. The Hall–Kier alpha value is -2.31. The highest BCUT2D eigenvalue weighted by molar-refractivity contribution is 7.09. The molecule has 0 aliphatic heterocycles. The molecule has 0 radical (unpaired) electrons. The van der Waals surface area contributed by atoms with E-state index in [0.717, 1.165) is 16.1 Å². The van der Waals surface area contributed by atoms with Crippen LogP contribution in [0, 0.1) is 6.92 Å². The van der Waals surface area contributed by atoms with Gasteiger partial charge in [0, 0.05) is 18.6 Å². The summed E-state index contributed by atoms with van der Waals surface area (Å²) < 4.78 is 7.01. The second kappa shape index (κ2) is 6.44. The third-order valence-electron chi connectivity index (χ3n) is 3.64. The maximum absolute atomic E-state index is 12.4. The van der Waals surface area contributed by atoms with Gasteiger partial charge in [-0.05, 0) is 6.92 Å². The summed E-state index contributed by atoms with van der Waals surface area (Å²) >= 11 is 1.44. The van der Waals surface area contributed by atoms with Crippen molar-refractivity contribution >= 4 is 17.1 Å². The van der Waals surface area contributed by atoms with Gasteiger partial charge in [0.2, 0.25) is 17.8 Å². The lowest BCUT2D eigenvalue weighted by molar-refractivity contribution is -0.684. The van der Waals surface area contributed by atoms with Crippen LogP contribution in [0.5, 0.6) is 0 Å². The molecule has 0 spiro atoms. The van der Waals surface area contributed by atoms with Crippen molar-refractivity contribution in [1.29, 1.82) is 0 Å². The average Bonchev–Trinajstić information content (AvgIpc) is 3.16. The van der Waals surface area contributed by atoms with Gasteiger partial charge in [0.25, 0.3) is 5.78 Å². The molecule has 0 saturated carbocycles. The Morgan fingerprint density at radius 2 is 2.13 bits per heavy atom. The number of nitrogens with zero attached hydrogens (tertiary/aromatic N) is 2. The van der Waals surface area contributed by atoms with Crippen LogP contribution in [0.3, 0.4) is 0 Å². The van der Waals surface area contributed by atoms with E-state index in [4.69, 9.17) is 4.52 Å². The third-order valence-corrected chi connectivity index (χ3v) is 4.89. The molecule has 0 aliphatic rings. The van der Waals surface area contributed by atoms with E-state index in [2.05, 4.69) is 5.16 Å². The number of hydrogen-bond acceptors (Lipinski definition) is 5. The van der Waals surface area contributed by atoms with Crippen molar-refractivity contribution in [3.8, 4) is 11.3 Å². The van der Waals surface area contributed by atoms with E-state index < -0.39 is 6.10 Å². The summed E-state index contributed by atoms with van der Waals surface area (Å²) in [4.78, 5) is 13.2. The molecule has 6 heteroatoms. The fraction of sp³-hybridized carbons (Fsp3) is 0.235. The average molecular weight is 329 g/mol. The van der Waals surface area contributed by atoms with Crippen LogP contribution in [0.25, 0.3) is 11.3 Å². The summed E-state index contributed by atoms with van der Waals surface area (Å²) in [6, 6.07) is 11.2. The predicted molar refractivity (Wildman–Crippen MR) is 86.2 cm³/mol. The molecule has 1 aromatic carbocycles. The molecule has 1 unspecified atom stereocenters. The monoisotopic (exact) mass is 329 g/mol. The number of ketones is 1. The zero-order chi connectivity index (χ0) is 16.4. The van der Waals surface area contributed by atoms with Crippen LogP contribution in [-0.4, -0.2) is 16.0 Å². The number of aliphatic hydroxyl groups excluding tert-OH is 1. The van der Waals surface area contributed by atoms with Gasteiger partial charge in [-0.1, -0.05) is 46.8 Å². The fourth-order valence-electron chi connectivity index (χ4n) is 2.37. The summed E-state index contributed by atoms with van der Waals surface area (Å²) in [5.41, 5.74) is 4.28. The molecule has 3 aromatic rings. The van der Waals surface area contributed by atoms with E-state index in [0.29, 0.717) is 5.69 Å². The zero-order valence-corrected chi connectivity index (χ0v) is 13.7. The smallest absolute Gasteiger partial charge is 0.265 e. The molecule has 3 rings (SSSR count). The highest BCUT2D eigenvalue weighted by Gasteiger charge is 2.24. The van der Waals surface area contributed by atoms with Crippen molar-refractivity contribution in [3.63, 3.8) is 0 Å². The number of Topliss-reactive ketones (excluding diaryl/α,β-unsaturated/α-hetero) is 1. The van der Waals surface area contributed by atoms with E-state index in [1.807, 2.05) is 47.3 Å². The number of carbonyl (C=O) groups excluding carboxylic acids is 1. The summed E-state index contributed by atoms with van der Waals surface area (Å²) in [5, 5.41) is 13.6. The lowest BCUT2D eigenvalue weighted by atomic mass is 10.1. The van der Waals surface area contributed by atoms with Crippen LogP contribution in [0.4, 0.5) is 0 Å². The Balaban J connectivity index is 1.78. The van der Waals surface area contributed by atoms with Crippen LogP contribution in [0.1, 0.15) is 34.2 Å². The second-order valence-electron chi connectivity index (χ2n) is 5.34. The summed E-state index contributed by atoms with van der Waals surface area (Å²) in [6.45, 7) is 3.77. The van der Waals surface area contributed by atoms with E-state index in [9.17, 15) is 9.90 Å². The normalized spacial score (nSPS) is 12.3. The number of aromatic nitrogens is 2. The van der Waals surface area contributed by atoms with Gasteiger partial charge in [0.05, 0.1) is 6.10 Å². The van der Waals surface area contributed by atoms with Gasteiger partial charge < -0.3 is 9.63 Å². The highest BCUT2D eigenvalue weighted by atomic mass is 32.1. The minimum atomic E-state index is -0.536. The van der Waals surface area contributed by atoms with Crippen molar-refractivity contribution < 1.29 is 19.0 Å². The molecule has 1 N–H and O–H groups in total. The second-order valence-corrected chi connectivity index (χ2v) is 6.23. The van der Waals surface area contributed by atoms with Crippen LogP contribution >= 0.6 is 11.3 Å². The topological polar surface area (TPSA) is 67.2 Å². The lowest BCUT2D eigenvalue weighted by Gasteiger charge is -1.98. The summed E-state index contributed by atoms with van der Waals surface area (Å²) in [5.74, 6) is 0.0864. The van der Waals surface area contributed by atoms with Gasteiger partial charge in [-0.2, -0.15) is 4.57 Å². The molecule has 0 saturated heterocycles. The standard InChI is InChI=1S/C17H17N2O3S/c1-11-17(12(2)20)23-10-19(11)9-15(21)16-8-14(18-22-16)13-6-4-3-5-7-13/h3-8,10,12,20H,9H2,1-2H3/q+1. The molecule has 2 aromatic heterocycles. The summed E-state index contributed by atoms with van der Waals surface area (Å²) in [6.07, 6.45) is -0.536. The Bertz CT molecular complexity index is 821. The van der Waals surface area contributed by atoms with Crippen LogP contribution < -0.4 is 4.57 Å². The van der Waals surface area contributed by atoms with Gasteiger partial charge in [0.1, 0.15) is 10.6 Å². The minimum absolute atomic E-state index is 0.150. The first-order valence-electron chi connectivity index (χ1n) is 7.27. The summed E-state index contributed by atoms with van der Waals surface area (Å²) in [7, 11) is 0. The predicted octanol–water partition coefficient (Wildman–Crippen LogP) is 2.94. The van der Waals surface area contributed by atoms with Gasteiger partial charge >= 0.3 is 0 Å². The zero-order valence-electron chi connectivity index (χ0n) is 12.9. The first-order chi connectivity index (χ1) is 11.1. The fourth-order valence-corrected chi connectivity index (χ4v) is 3.33.